The van der Waals surface area contributed by atoms with Crippen LogP contribution in [0.1, 0.15) is 17.7 Å². The molecule has 1 amide bonds. The third-order valence-electron chi connectivity index (χ3n) is 5.82. The standard InChI is InChI=1S/C27H20ClFN2O3S2/c28-21-5-1-2-6-23(21)36-25-22(32)15-27(31-26(25)33,17-12-13-35-16-17)14-19-4-3-7-24(30-19)34-20-10-8-18(29)9-11-20/h1-13,16,25H,14-15H2,(H,31,33). The summed E-state index contributed by atoms with van der Waals surface area (Å²) in [5.41, 5.74) is 0.556. The third kappa shape index (κ3) is 5.31. The van der Waals surface area contributed by atoms with Crippen molar-refractivity contribution in [2.45, 2.75) is 28.5 Å². The molecule has 1 N–H and O–H groups in total. The number of hydrogen-bond donors (Lipinski definition) is 1. The molecule has 5 nitrogen and oxygen atoms in total. The van der Waals surface area contributed by atoms with Crippen molar-refractivity contribution in [3.05, 3.63) is 106 Å². The summed E-state index contributed by atoms with van der Waals surface area (Å²) < 4.78 is 19.0. The summed E-state index contributed by atoms with van der Waals surface area (Å²) in [5.74, 6) is -0.102. The number of pyridine rings is 1. The zero-order valence-electron chi connectivity index (χ0n) is 18.8. The Morgan fingerprint density at radius 1 is 1.08 bits per heavy atom. The number of aromatic nitrogens is 1. The van der Waals surface area contributed by atoms with Gasteiger partial charge < -0.3 is 10.1 Å². The average Bonchev–Trinajstić information content (AvgIpc) is 3.40. The second-order valence-corrected chi connectivity index (χ2v) is 10.7. The van der Waals surface area contributed by atoms with Crippen LogP contribution in [0.4, 0.5) is 4.39 Å². The lowest BCUT2D eigenvalue weighted by atomic mass is 9.79. The highest BCUT2D eigenvalue weighted by atomic mass is 35.5. The smallest absolute Gasteiger partial charge is 0.241 e. The summed E-state index contributed by atoms with van der Waals surface area (Å²) in [4.78, 5) is 31.9. The van der Waals surface area contributed by atoms with E-state index in [-0.39, 0.29) is 23.9 Å². The Morgan fingerprint density at radius 3 is 2.61 bits per heavy atom. The van der Waals surface area contributed by atoms with E-state index < -0.39 is 10.8 Å². The van der Waals surface area contributed by atoms with Gasteiger partial charge in [0.05, 0.1) is 10.6 Å². The van der Waals surface area contributed by atoms with Crippen molar-refractivity contribution in [3.63, 3.8) is 0 Å². The zero-order chi connectivity index (χ0) is 25.1. The molecule has 2 unspecified atom stereocenters. The molecular formula is C27H20ClFN2O3S2. The maximum atomic E-state index is 13.4. The summed E-state index contributed by atoms with van der Waals surface area (Å²) in [6.45, 7) is 0. The predicted octanol–water partition coefficient (Wildman–Crippen LogP) is 6.42. The molecule has 4 aromatic rings. The number of hydrogen-bond acceptors (Lipinski definition) is 6. The van der Waals surface area contributed by atoms with E-state index in [0.29, 0.717) is 33.7 Å². The molecule has 9 heteroatoms. The third-order valence-corrected chi connectivity index (χ3v) is 8.27. The van der Waals surface area contributed by atoms with Crippen molar-refractivity contribution in [1.82, 2.24) is 10.3 Å². The quantitative estimate of drug-likeness (QED) is 0.275. The number of carbonyl (C=O) groups is 2. The molecule has 0 saturated carbocycles. The molecule has 36 heavy (non-hydrogen) atoms. The molecule has 0 aliphatic carbocycles. The van der Waals surface area contributed by atoms with Crippen LogP contribution in [-0.4, -0.2) is 21.9 Å². The first-order chi connectivity index (χ1) is 17.4. The van der Waals surface area contributed by atoms with Crippen LogP contribution in [0.2, 0.25) is 5.02 Å². The van der Waals surface area contributed by atoms with Gasteiger partial charge in [-0.2, -0.15) is 11.3 Å². The van der Waals surface area contributed by atoms with E-state index in [1.165, 1.54) is 35.6 Å². The Balaban J connectivity index is 1.40. The van der Waals surface area contributed by atoms with E-state index in [9.17, 15) is 14.0 Å². The van der Waals surface area contributed by atoms with Crippen molar-refractivity contribution < 1.29 is 18.7 Å². The topological polar surface area (TPSA) is 68.3 Å². The van der Waals surface area contributed by atoms with Gasteiger partial charge in [0, 0.05) is 29.5 Å². The predicted molar refractivity (Wildman–Crippen MR) is 139 cm³/mol. The fourth-order valence-corrected chi connectivity index (χ4v) is 6.13. The lowest BCUT2D eigenvalue weighted by molar-refractivity contribution is -0.133. The number of thiophene rings is 1. The van der Waals surface area contributed by atoms with Crippen molar-refractivity contribution in [3.8, 4) is 11.6 Å². The Kier molecular flexibility index (Phi) is 7.09. The Bertz CT molecular complexity index is 1380. The molecule has 0 bridgehead atoms. The molecule has 2 aromatic heterocycles. The Morgan fingerprint density at radius 2 is 1.89 bits per heavy atom. The van der Waals surface area contributed by atoms with Crippen LogP contribution in [-0.2, 0) is 21.5 Å². The molecular weight excluding hydrogens is 519 g/mol. The highest BCUT2D eigenvalue weighted by molar-refractivity contribution is 8.01. The number of rotatable bonds is 7. The number of thioether (sulfide) groups is 1. The summed E-state index contributed by atoms with van der Waals surface area (Å²) >= 11 is 8.92. The minimum absolute atomic E-state index is 0.113. The number of ketones is 1. The van der Waals surface area contributed by atoms with Crippen LogP contribution in [0.15, 0.2) is 88.5 Å². The van der Waals surface area contributed by atoms with Crippen LogP contribution in [0.3, 0.4) is 0 Å². The lowest BCUT2D eigenvalue weighted by Crippen LogP contribution is -2.58. The highest BCUT2D eigenvalue weighted by Gasteiger charge is 2.46. The molecule has 1 aliphatic rings. The van der Waals surface area contributed by atoms with Crippen LogP contribution in [0.5, 0.6) is 11.6 Å². The van der Waals surface area contributed by atoms with E-state index in [0.717, 1.165) is 17.3 Å². The van der Waals surface area contributed by atoms with Gasteiger partial charge in [0.1, 0.15) is 16.8 Å². The Hall–Kier alpha value is -3.20. The zero-order valence-corrected chi connectivity index (χ0v) is 21.2. The molecule has 2 atom stereocenters. The lowest BCUT2D eigenvalue weighted by Gasteiger charge is -2.39. The van der Waals surface area contributed by atoms with Gasteiger partial charge in [-0.1, -0.05) is 29.8 Å². The second kappa shape index (κ2) is 10.4. The number of amides is 1. The van der Waals surface area contributed by atoms with Crippen molar-refractivity contribution in [2.24, 2.45) is 0 Å². The van der Waals surface area contributed by atoms with Gasteiger partial charge in [-0.05, 0) is 64.9 Å². The van der Waals surface area contributed by atoms with Gasteiger partial charge in [0.15, 0.2) is 5.78 Å². The van der Waals surface area contributed by atoms with E-state index >= 15 is 0 Å². The van der Waals surface area contributed by atoms with E-state index in [1.807, 2.05) is 29.0 Å². The molecule has 5 rings (SSSR count). The molecule has 0 spiro atoms. The molecule has 182 valence electrons. The average molecular weight is 539 g/mol. The van der Waals surface area contributed by atoms with Gasteiger partial charge in [0.25, 0.3) is 0 Å². The fourth-order valence-electron chi connectivity index (χ4n) is 4.13. The van der Waals surface area contributed by atoms with Crippen molar-refractivity contribution >= 4 is 46.4 Å². The maximum Gasteiger partial charge on any atom is 0.241 e. The maximum absolute atomic E-state index is 13.4. The number of benzene rings is 2. The minimum atomic E-state index is -0.937. The molecule has 0 radical (unpaired) electrons. The van der Waals surface area contributed by atoms with E-state index in [1.54, 1.807) is 30.3 Å². The van der Waals surface area contributed by atoms with Crippen LogP contribution in [0, 0.1) is 5.82 Å². The van der Waals surface area contributed by atoms with Crippen molar-refractivity contribution in [2.75, 3.05) is 0 Å². The van der Waals surface area contributed by atoms with Gasteiger partial charge in [0.2, 0.25) is 11.8 Å². The number of nitrogens with zero attached hydrogens (tertiary/aromatic N) is 1. The Labute approximate surface area is 220 Å². The first kappa shape index (κ1) is 24.5. The molecule has 1 fully saturated rings. The number of nitrogens with one attached hydrogen (secondary N) is 1. The van der Waals surface area contributed by atoms with Crippen LogP contribution < -0.4 is 10.1 Å². The molecule has 2 aromatic carbocycles. The summed E-state index contributed by atoms with van der Waals surface area (Å²) in [7, 11) is 0. The molecule has 3 heterocycles. The number of Topliss-reactive ketones (excluding diaryl/α,β-unsaturated/α-hetero) is 1. The molecule has 1 saturated heterocycles. The summed E-state index contributed by atoms with van der Waals surface area (Å²) in [5, 5.41) is 6.60. The first-order valence-corrected chi connectivity index (χ1v) is 13.3. The van der Waals surface area contributed by atoms with Crippen LogP contribution >= 0.6 is 34.7 Å². The number of carbonyl (C=O) groups excluding carboxylic acids is 2. The van der Waals surface area contributed by atoms with Crippen LogP contribution in [0.25, 0.3) is 0 Å². The first-order valence-electron chi connectivity index (χ1n) is 11.1. The van der Waals surface area contributed by atoms with Gasteiger partial charge in [-0.3, -0.25) is 9.59 Å². The number of piperidine rings is 1. The van der Waals surface area contributed by atoms with E-state index in [4.69, 9.17) is 16.3 Å². The minimum Gasteiger partial charge on any atom is -0.439 e. The number of halogens is 2. The fraction of sp³-hybridized carbons (Fsp3) is 0.148. The van der Waals surface area contributed by atoms with Gasteiger partial charge >= 0.3 is 0 Å². The summed E-state index contributed by atoms with van der Waals surface area (Å²) in [6, 6.07) is 20.1. The number of ether oxygens (including phenoxy) is 1. The largest absolute Gasteiger partial charge is 0.439 e. The van der Waals surface area contributed by atoms with Gasteiger partial charge in [-0.15, -0.1) is 11.8 Å². The monoisotopic (exact) mass is 538 g/mol. The normalized spacial score (nSPS) is 19.7. The summed E-state index contributed by atoms with van der Waals surface area (Å²) in [6.07, 6.45) is 0.410. The SMILES string of the molecule is O=C1CC(Cc2cccc(Oc3ccc(F)cc3)n2)(c2ccsc2)NC(=O)C1Sc1ccccc1Cl. The molecule has 1 aliphatic heterocycles. The van der Waals surface area contributed by atoms with E-state index in [2.05, 4.69) is 10.3 Å². The van der Waals surface area contributed by atoms with Gasteiger partial charge in [-0.25, -0.2) is 9.37 Å². The second-order valence-electron chi connectivity index (χ2n) is 8.35. The highest BCUT2D eigenvalue weighted by Crippen LogP contribution is 2.39. The van der Waals surface area contributed by atoms with Crippen molar-refractivity contribution in [1.29, 1.82) is 0 Å².